The third-order valence-electron chi connectivity index (χ3n) is 8.10. The number of rotatable bonds is 10. The fraction of sp³-hybridized carbons (Fsp3) is 0.375. The van der Waals surface area contributed by atoms with Crippen LogP contribution in [-0.4, -0.2) is 48.4 Å². The molecule has 3 amide bonds. The fourth-order valence-corrected chi connectivity index (χ4v) is 5.86. The lowest BCUT2D eigenvalue weighted by Gasteiger charge is -2.29. The van der Waals surface area contributed by atoms with Gasteiger partial charge in [0.15, 0.2) is 0 Å². The number of benzene rings is 2. The molecule has 2 aromatic heterocycles. The van der Waals surface area contributed by atoms with Gasteiger partial charge in [0.25, 0.3) is 5.91 Å². The first-order valence-electron chi connectivity index (χ1n) is 14.5. The summed E-state index contributed by atoms with van der Waals surface area (Å²) in [6, 6.07) is 13.4. The number of fused-ring (bicyclic) bond motifs is 2. The molecule has 1 saturated heterocycles. The summed E-state index contributed by atoms with van der Waals surface area (Å²) in [5.74, 6) is -0.749. The van der Waals surface area contributed by atoms with Crippen LogP contribution in [0.2, 0.25) is 0 Å². The molecule has 1 unspecified atom stereocenters. The van der Waals surface area contributed by atoms with E-state index in [4.69, 9.17) is 9.97 Å². The van der Waals surface area contributed by atoms with Gasteiger partial charge in [0.2, 0.25) is 11.8 Å². The molecule has 1 atom stereocenters. The van der Waals surface area contributed by atoms with Crippen LogP contribution in [0.4, 0.5) is 0 Å². The fourth-order valence-electron chi connectivity index (χ4n) is 5.86. The number of amides is 3. The van der Waals surface area contributed by atoms with Gasteiger partial charge in [-0.1, -0.05) is 43.5 Å². The Labute approximate surface area is 239 Å². The normalized spacial score (nSPS) is 16.9. The van der Waals surface area contributed by atoms with E-state index in [2.05, 4.69) is 22.7 Å². The maximum absolute atomic E-state index is 13.0. The van der Waals surface area contributed by atoms with Crippen LogP contribution in [0.25, 0.3) is 22.3 Å². The Bertz CT molecular complexity index is 1630. The number of aromatic nitrogens is 4. The zero-order valence-electron chi connectivity index (χ0n) is 23.3. The van der Waals surface area contributed by atoms with Crippen molar-refractivity contribution in [2.45, 2.75) is 77.4 Å². The molecule has 2 aliphatic rings. The SMILES string of the molecule is Cc1nc2ccccc2nc1-c1cnn(CCCCCCCc2ccc3c(c2)C(=O)N(C2CCC(=O)NC2=O)C3)c1. The Morgan fingerprint density at radius 2 is 1.73 bits per heavy atom. The minimum Gasteiger partial charge on any atom is -0.322 e. The standard InChI is InChI=1S/C32H34N6O3/c1-21-30(35-27-11-7-6-10-26(27)34-21)24-18-33-37(19-24)16-8-4-2-3-5-9-22-12-13-23-20-38(32(41)25(23)17-22)28-14-15-29(39)36-31(28)40/h6-7,10-13,17-19,28H,2-5,8-9,14-16,20H2,1H3,(H,36,39,40). The minimum atomic E-state index is -0.569. The summed E-state index contributed by atoms with van der Waals surface area (Å²) in [5, 5.41) is 6.90. The molecule has 6 rings (SSSR count). The van der Waals surface area contributed by atoms with Crippen molar-refractivity contribution < 1.29 is 14.4 Å². The van der Waals surface area contributed by atoms with Crippen LogP contribution in [0.1, 0.15) is 72.1 Å². The van der Waals surface area contributed by atoms with E-state index in [0.717, 1.165) is 84.2 Å². The van der Waals surface area contributed by atoms with Crippen molar-refractivity contribution >= 4 is 28.8 Å². The molecule has 2 aliphatic heterocycles. The van der Waals surface area contributed by atoms with E-state index in [1.165, 1.54) is 0 Å². The second kappa shape index (κ2) is 11.6. The summed E-state index contributed by atoms with van der Waals surface area (Å²) in [4.78, 5) is 47.9. The molecule has 1 fully saturated rings. The molecule has 0 aliphatic carbocycles. The lowest BCUT2D eigenvalue weighted by atomic mass is 10.0. The number of piperidine rings is 1. The summed E-state index contributed by atoms with van der Waals surface area (Å²) in [5.41, 5.74) is 7.37. The Hall–Kier alpha value is -4.40. The van der Waals surface area contributed by atoms with E-state index in [1.54, 1.807) is 4.90 Å². The van der Waals surface area contributed by atoms with Crippen LogP contribution in [0.5, 0.6) is 0 Å². The van der Waals surface area contributed by atoms with E-state index in [0.29, 0.717) is 18.5 Å². The van der Waals surface area contributed by atoms with Crippen LogP contribution in [0.3, 0.4) is 0 Å². The lowest BCUT2D eigenvalue weighted by Crippen LogP contribution is -2.52. The average Bonchev–Trinajstić information content (AvgIpc) is 3.56. The van der Waals surface area contributed by atoms with E-state index >= 15 is 0 Å². The molecule has 9 nitrogen and oxygen atoms in total. The number of aryl methyl sites for hydroxylation is 3. The molecular formula is C32H34N6O3. The van der Waals surface area contributed by atoms with Crippen molar-refractivity contribution in [3.8, 4) is 11.3 Å². The number of hydrogen-bond acceptors (Lipinski definition) is 6. The van der Waals surface area contributed by atoms with E-state index in [9.17, 15) is 14.4 Å². The average molecular weight is 551 g/mol. The topological polar surface area (TPSA) is 110 Å². The van der Waals surface area contributed by atoms with Crippen molar-refractivity contribution in [2.24, 2.45) is 0 Å². The highest BCUT2D eigenvalue weighted by Gasteiger charge is 2.39. The van der Waals surface area contributed by atoms with Gasteiger partial charge in [-0.05, 0) is 61.9 Å². The highest BCUT2D eigenvalue weighted by atomic mass is 16.2. The van der Waals surface area contributed by atoms with Gasteiger partial charge in [-0.3, -0.25) is 24.4 Å². The molecule has 0 saturated carbocycles. The monoisotopic (exact) mass is 550 g/mol. The summed E-state index contributed by atoms with van der Waals surface area (Å²) in [6.07, 6.45) is 11.0. The van der Waals surface area contributed by atoms with E-state index in [1.807, 2.05) is 54.2 Å². The molecule has 41 heavy (non-hydrogen) atoms. The van der Waals surface area contributed by atoms with Crippen LogP contribution < -0.4 is 5.32 Å². The van der Waals surface area contributed by atoms with Gasteiger partial charge in [-0.25, -0.2) is 9.97 Å². The molecule has 0 radical (unpaired) electrons. The number of carbonyl (C=O) groups excluding carboxylic acids is 3. The van der Waals surface area contributed by atoms with Crippen molar-refractivity contribution in [3.05, 3.63) is 77.2 Å². The molecule has 0 spiro atoms. The van der Waals surface area contributed by atoms with E-state index in [-0.39, 0.29) is 24.1 Å². The van der Waals surface area contributed by atoms with Crippen molar-refractivity contribution in [1.29, 1.82) is 0 Å². The van der Waals surface area contributed by atoms with E-state index < -0.39 is 6.04 Å². The van der Waals surface area contributed by atoms with Crippen LogP contribution in [-0.2, 0) is 29.1 Å². The second-order valence-corrected chi connectivity index (χ2v) is 11.0. The first-order chi connectivity index (χ1) is 20.0. The third kappa shape index (κ3) is 5.75. The Morgan fingerprint density at radius 3 is 2.56 bits per heavy atom. The number of imide groups is 1. The molecule has 2 aromatic carbocycles. The number of carbonyl (C=O) groups is 3. The highest BCUT2D eigenvalue weighted by molar-refractivity contribution is 6.05. The van der Waals surface area contributed by atoms with Crippen LogP contribution >= 0.6 is 0 Å². The molecule has 4 heterocycles. The van der Waals surface area contributed by atoms with Gasteiger partial charge in [0.05, 0.1) is 28.6 Å². The Morgan fingerprint density at radius 1 is 0.951 bits per heavy atom. The number of nitrogens with zero attached hydrogens (tertiary/aromatic N) is 5. The number of hydrogen-bond donors (Lipinski definition) is 1. The van der Waals surface area contributed by atoms with Gasteiger partial charge in [-0.15, -0.1) is 0 Å². The maximum atomic E-state index is 13.0. The first kappa shape index (κ1) is 26.8. The molecule has 0 bridgehead atoms. The largest absolute Gasteiger partial charge is 0.322 e. The number of para-hydroxylation sites is 2. The maximum Gasteiger partial charge on any atom is 0.255 e. The van der Waals surface area contributed by atoms with Gasteiger partial charge < -0.3 is 4.90 Å². The molecule has 9 heteroatoms. The van der Waals surface area contributed by atoms with Gasteiger partial charge >= 0.3 is 0 Å². The highest BCUT2D eigenvalue weighted by Crippen LogP contribution is 2.29. The predicted molar refractivity (Wildman–Crippen MR) is 155 cm³/mol. The lowest BCUT2D eigenvalue weighted by molar-refractivity contribution is -0.136. The van der Waals surface area contributed by atoms with Crippen molar-refractivity contribution in [2.75, 3.05) is 0 Å². The van der Waals surface area contributed by atoms with Crippen LogP contribution in [0, 0.1) is 6.92 Å². The van der Waals surface area contributed by atoms with Gasteiger partial charge in [0.1, 0.15) is 6.04 Å². The number of unbranched alkanes of at least 4 members (excludes halogenated alkanes) is 4. The minimum absolute atomic E-state index is 0.110. The number of nitrogens with one attached hydrogen (secondary N) is 1. The quantitative estimate of drug-likeness (QED) is 0.225. The summed E-state index contributed by atoms with van der Waals surface area (Å²) < 4.78 is 1.99. The summed E-state index contributed by atoms with van der Waals surface area (Å²) in [6.45, 7) is 3.29. The molecule has 1 N–H and O–H groups in total. The van der Waals surface area contributed by atoms with Crippen molar-refractivity contribution in [1.82, 2.24) is 30.0 Å². The molecule has 210 valence electrons. The predicted octanol–water partition coefficient (Wildman–Crippen LogP) is 4.76. The zero-order chi connectivity index (χ0) is 28.3. The van der Waals surface area contributed by atoms with Gasteiger partial charge in [-0.2, -0.15) is 5.10 Å². The second-order valence-electron chi connectivity index (χ2n) is 11.0. The Balaban J connectivity index is 0.936. The molecular weight excluding hydrogens is 516 g/mol. The molecule has 4 aromatic rings. The Kier molecular flexibility index (Phi) is 7.59. The first-order valence-corrected chi connectivity index (χ1v) is 14.5. The summed E-state index contributed by atoms with van der Waals surface area (Å²) in [7, 11) is 0. The third-order valence-corrected chi connectivity index (χ3v) is 8.10. The van der Waals surface area contributed by atoms with Crippen LogP contribution in [0.15, 0.2) is 54.9 Å². The summed E-state index contributed by atoms with van der Waals surface area (Å²) >= 11 is 0. The van der Waals surface area contributed by atoms with Gasteiger partial charge in [0, 0.05) is 36.8 Å². The zero-order valence-corrected chi connectivity index (χ0v) is 23.3. The van der Waals surface area contributed by atoms with Crippen molar-refractivity contribution in [3.63, 3.8) is 0 Å². The smallest absolute Gasteiger partial charge is 0.255 e.